The van der Waals surface area contributed by atoms with Crippen molar-refractivity contribution in [2.45, 2.75) is 59.0 Å². The molecule has 3 rings (SSSR count). The number of piperidine rings is 2. The van der Waals surface area contributed by atoms with Crippen molar-refractivity contribution in [2.75, 3.05) is 19.6 Å². The lowest BCUT2D eigenvalue weighted by Crippen LogP contribution is -2.56. The zero-order valence-corrected chi connectivity index (χ0v) is 17.7. The van der Waals surface area contributed by atoms with E-state index in [0.717, 1.165) is 31.4 Å². The molecule has 2 fully saturated rings. The Morgan fingerprint density at radius 3 is 2.41 bits per heavy atom. The van der Waals surface area contributed by atoms with Crippen LogP contribution in [0.5, 0.6) is 0 Å². The number of rotatable bonds is 5. The Kier molecular flexibility index (Phi) is 6.55. The molecule has 1 aromatic heterocycles. The first kappa shape index (κ1) is 21.3. The monoisotopic (exact) mass is 400 g/mol. The molecule has 3 heterocycles. The van der Waals surface area contributed by atoms with Gasteiger partial charge in [0, 0.05) is 51.9 Å². The predicted molar refractivity (Wildman–Crippen MR) is 110 cm³/mol. The highest BCUT2D eigenvalue weighted by molar-refractivity contribution is 5.87. The second-order valence-corrected chi connectivity index (χ2v) is 8.85. The zero-order chi connectivity index (χ0) is 21.0. The normalized spacial score (nSPS) is 20.1. The first-order chi connectivity index (χ1) is 13.8. The minimum atomic E-state index is -0.474. The second-order valence-electron chi connectivity index (χ2n) is 8.85. The van der Waals surface area contributed by atoms with Crippen molar-refractivity contribution in [1.82, 2.24) is 20.1 Å². The molecule has 0 radical (unpaired) electrons. The smallest absolute Gasteiger partial charge is 0.245 e. The number of nitrogens with zero attached hydrogens (tertiary/aromatic N) is 3. The molecular formula is C22H32N4O3. The molecule has 0 unspecified atom stereocenters. The van der Waals surface area contributed by atoms with Gasteiger partial charge in [-0.1, -0.05) is 13.8 Å². The fourth-order valence-electron chi connectivity index (χ4n) is 4.49. The van der Waals surface area contributed by atoms with Gasteiger partial charge in [-0.25, -0.2) is 0 Å². The lowest BCUT2D eigenvalue weighted by atomic mass is 9.72. The Hall–Kier alpha value is -2.44. The summed E-state index contributed by atoms with van der Waals surface area (Å²) < 4.78 is 0. The number of nitrogens with one attached hydrogen (secondary N) is 1. The van der Waals surface area contributed by atoms with Crippen molar-refractivity contribution < 1.29 is 14.4 Å². The molecule has 1 atom stereocenters. The van der Waals surface area contributed by atoms with Gasteiger partial charge in [-0.2, -0.15) is 0 Å². The third-order valence-corrected chi connectivity index (χ3v) is 6.30. The number of carbonyl (C=O) groups is 3. The van der Waals surface area contributed by atoms with Crippen LogP contribution in [0.4, 0.5) is 0 Å². The van der Waals surface area contributed by atoms with Crippen molar-refractivity contribution in [3.8, 4) is 0 Å². The van der Waals surface area contributed by atoms with Gasteiger partial charge in [-0.05, 0) is 48.3 Å². The Morgan fingerprint density at radius 1 is 1.17 bits per heavy atom. The fourth-order valence-corrected chi connectivity index (χ4v) is 4.49. The van der Waals surface area contributed by atoms with Crippen molar-refractivity contribution >= 4 is 17.7 Å². The first-order valence-corrected chi connectivity index (χ1v) is 10.5. The maximum Gasteiger partial charge on any atom is 0.245 e. The summed E-state index contributed by atoms with van der Waals surface area (Å²) in [6, 6.07) is 3.42. The summed E-state index contributed by atoms with van der Waals surface area (Å²) in [6.45, 7) is 8.07. The molecule has 0 aliphatic carbocycles. The number of aromatic nitrogens is 1. The van der Waals surface area contributed by atoms with E-state index in [-0.39, 0.29) is 29.1 Å². The lowest BCUT2D eigenvalue weighted by Gasteiger charge is -2.48. The Bertz CT molecular complexity index is 742. The minimum Gasteiger partial charge on any atom is -0.344 e. The van der Waals surface area contributed by atoms with Gasteiger partial charge in [0.15, 0.2) is 0 Å². The van der Waals surface area contributed by atoms with E-state index < -0.39 is 6.04 Å². The van der Waals surface area contributed by atoms with E-state index >= 15 is 0 Å². The SMILES string of the molecule is CC(=O)N[C@H](C(=O)N1CCC2(CCC(=O)N(Cc3ccncc3)C2)CC1)C(C)C. The molecule has 7 nitrogen and oxygen atoms in total. The number of hydrogen-bond donors (Lipinski definition) is 1. The maximum atomic E-state index is 12.9. The highest BCUT2D eigenvalue weighted by Crippen LogP contribution is 2.40. The Morgan fingerprint density at radius 2 is 1.83 bits per heavy atom. The number of pyridine rings is 1. The summed E-state index contributed by atoms with van der Waals surface area (Å²) in [6.07, 6.45) is 6.75. The maximum absolute atomic E-state index is 12.9. The lowest BCUT2D eigenvalue weighted by molar-refractivity contribution is -0.144. The molecule has 2 saturated heterocycles. The van der Waals surface area contributed by atoms with Crippen LogP contribution in [-0.4, -0.2) is 58.2 Å². The molecule has 29 heavy (non-hydrogen) atoms. The molecule has 0 aromatic carbocycles. The summed E-state index contributed by atoms with van der Waals surface area (Å²) in [7, 11) is 0. The number of hydrogen-bond acceptors (Lipinski definition) is 4. The summed E-state index contributed by atoms with van der Waals surface area (Å²) in [5.74, 6) is 0.0792. The van der Waals surface area contributed by atoms with Gasteiger partial charge in [-0.15, -0.1) is 0 Å². The zero-order valence-electron chi connectivity index (χ0n) is 17.7. The van der Waals surface area contributed by atoms with Crippen LogP contribution in [0.15, 0.2) is 24.5 Å². The van der Waals surface area contributed by atoms with E-state index in [1.807, 2.05) is 35.8 Å². The summed E-state index contributed by atoms with van der Waals surface area (Å²) in [5, 5.41) is 2.80. The van der Waals surface area contributed by atoms with E-state index in [0.29, 0.717) is 26.1 Å². The summed E-state index contributed by atoms with van der Waals surface area (Å²) >= 11 is 0. The quantitative estimate of drug-likeness (QED) is 0.819. The van der Waals surface area contributed by atoms with Crippen LogP contribution < -0.4 is 5.32 Å². The van der Waals surface area contributed by atoms with Crippen LogP contribution >= 0.6 is 0 Å². The van der Waals surface area contributed by atoms with Crippen LogP contribution in [0, 0.1) is 11.3 Å². The number of carbonyl (C=O) groups excluding carboxylic acids is 3. The largest absolute Gasteiger partial charge is 0.344 e. The first-order valence-electron chi connectivity index (χ1n) is 10.5. The van der Waals surface area contributed by atoms with Gasteiger partial charge in [0.2, 0.25) is 17.7 Å². The molecular weight excluding hydrogens is 368 g/mol. The summed E-state index contributed by atoms with van der Waals surface area (Å²) in [4.78, 5) is 44.8. The van der Waals surface area contributed by atoms with Gasteiger partial charge in [0.1, 0.15) is 6.04 Å². The highest BCUT2D eigenvalue weighted by atomic mass is 16.2. The molecule has 1 aromatic rings. The van der Waals surface area contributed by atoms with Crippen LogP contribution in [0.1, 0.15) is 52.0 Å². The van der Waals surface area contributed by atoms with Gasteiger partial charge < -0.3 is 15.1 Å². The summed E-state index contributed by atoms with van der Waals surface area (Å²) in [5.41, 5.74) is 1.17. The fraction of sp³-hybridized carbons (Fsp3) is 0.636. The number of amides is 3. The molecule has 0 bridgehead atoms. The Balaban J connectivity index is 1.61. The standard InChI is InChI=1S/C22H32N4O3/c1-16(2)20(24-17(3)27)21(29)25-12-8-22(9-13-25)7-4-19(28)26(15-22)14-18-5-10-23-11-6-18/h5-6,10-11,16,20H,4,7-9,12-15H2,1-3H3,(H,24,27)/t20-/m0/s1. The van der Waals surface area contributed by atoms with Crippen molar-refractivity contribution in [3.05, 3.63) is 30.1 Å². The molecule has 0 saturated carbocycles. The van der Waals surface area contributed by atoms with E-state index in [1.54, 1.807) is 12.4 Å². The number of likely N-dealkylation sites (tertiary alicyclic amines) is 2. The van der Waals surface area contributed by atoms with Crippen molar-refractivity contribution in [1.29, 1.82) is 0 Å². The van der Waals surface area contributed by atoms with Crippen molar-refractivity contribution in [2.24, 2.45) is 11.3 Å². The van der Waals surface area contributed by atoms with Crippen LogP contribution in [-0.2, 0) is 20.9 Å². The average molecular weight is 401 g/mol. The predicted octanol–water partition coefficient (Wildman–Crippen LogP) is 1.97. The molecule has 158 valence electrons. The molecule has 1 N–H and O–H groups in total. The molecule has 2 aliphatic rings. The van der Waals surface area contributed by atoms with E-state index in [4.69, 9.17) is 0 Å². The van der Waals surface area contributed by atoms with Crippen LogP contribution in [0.2, 0.25) is 0 Å². The third-order valence-electron chi connectivity index (χ3n) is 6.30. The van der Waals surface area contributed by atoms with E-state index in [9.17, 15) is 14.4 Å². The Labute approximate surface area is 172 Å². The third kappa shape index (κ3) is 5.14. The average Bonchev–Trinajstić information content (AvgIpc) is 2.70. The van der Waals surface area contributed by atoms with Gasteiger partial charge in [0.25, 0.3) is 0 Å². The highest BCUT2D eigenvalue weighted by Gasteiger charge is 2.42. The molecule has 1 spiro atoms. The topological polar surface area (TPSA) is 82.6 Å². The second kappa shape index (κ2) is 8.93. The molecule has 3 amide bonds. The minimum absolute atomic E-state index is 0.00516. The molecule has 2 aliphatic heterocycles. The van der Waals surface area contributed by atoms with E-state index in [1.165, 1.54) is 6.92 Å². The van der Waals surface area contributed by atoms with Gasteiger partial charge >= 0.3 is 0 Å². The van der Waals surface area contributed by atoms with Crippen molar-refractivity contribution in [3.63, 3.8) is 0 Å². The molecule has 7 heteroatoms. The van der Waals surface area contributed by atoms with E-state index in [2.05, 4.69) is 10.3 Å². The van der Waals surface area contributed by atoms with Crippen LogP contribution in [0.3, 0.4) is 0 Å². The van der Waals surface area contributed by atoms with Gasteiger partial charge in [0.05, 0.1) is 0 Å². The van der Waals surface area contributed by atoms with Gasteiger partial charge in [-0.3, -0.25) is 19.4 Å². The van der Waals surface area contributed by atoms with Crippen LogP contribution in [0.25, 0.3) is 0 Å².